The Kier molecular flexibility index (Phi) is 5.59. The fourth-order valence-corrected chi connectivity index (χ4v) is 2.91. The molecule has 5 heteroatoms. The van der Waals surface area contributed by atoms with Crippen LogP contribution >= 0.6 is 0 Å². The van der Waals surface area contributed by atoms with E-state index in [2.05, 4.69) is 15.5 Å². The summed E-state index contributed by atoms with van der Waals surface area (Å²) < 4.78 is 0. The van der Waals surface area contributed by atoms with E-state index >= 15 is 0 Å². The molecule has 2 rings (SSSR count). The molecule has 1 aromatic heterocycles. The van der Waals surface area contributed by atoms with Crippen molar-refractivity contribution >= 4 is 5.91 Å². The molecule has 2 atom stereocenters. The summed E-state index contributed by atoms with van der Waals surface area (Å²) in [6, 6.07) is 0.0358. The van der Waals surface area contributed by atoms with E-state index in [-0.39, 0.29) is 17.9 Å². The molecule has 1 aliphatic carbocycles. The van der Waals surface area contributed by atoms with Gasteiger partial charge in [0, 0.05) is 18.3 Å². The fraction of sp³-hybridized carbons (Fsp3) is 0.733. The number of aromatic amines is 1. The Morgan fingerprint density at radius 2 is 2.25 bits per heavy atom. The first kappa shape index (κ1) is 15.0. The second kappa shape index (κ2) is 7.43. The highest BCUT2D eigenvalue weighted by Gasteiger charge is 2.26. The van der Waals surface area contributed by atoms with Gasteiger partial charge in [0.1, 0.15) is 0 Å². The van der Waals surface area contributed by atoms with Crippen LogP contribution < -0.4 is 11.1 Å². The van der Waals surface area contributed by atoms with Crippen LogP contribution in [0.4, 0.5) is 0 Å². The van der Waals surface area contributed by atoms with Crippen LogP contribution in [0.5, 0.6) is 0 Å². The van der Waals surface area contributed by atoms with Crippen molar-refractivity contribution in [3.05, 3.63) is 17.5 Å². The molecule has 0 spiro atoms. The molecule has 0 bridgehead atoms. The first-order chi connectivity index (χ1) is 9.68. The van der Waals surface area contributed by atoms with Gasteiger partial charge in [0.15, 0.2) is 0 Å². The van der Waals surface area contributed by atoms with E-state index in [0.29, 0.717) is 6.54 Å². The molecule has 0 aromatic carbocycles. The molecule has 1 saturated carbocycles. The minimum absolute atomic E-state index is 0.00756. The summed E-state index contributed by atoms with van der Waals surface area (Å²) in [6.45, 7) is 2.73. The Morgan fingerprint density at radius 1 is 1.45 bits per heavy atom. The number of nitrogens with zero attached hydrogens (tertiary/aromatic N) is 1. The second-order valence-electron chi connectivity index (χ2n) is 5.82. The molecule has 1 aliphatic rings. The van der Waals surface area contributed by atoms with Crippen LogP contribution in [0.1, 0.15) is 49.8 Å². The van der Waals surface area contributed by atoms with Gasteiger partial charge in [0.25, 0.3) is 0 Å². The van der Waals surface area contributed by atoms with Crippen molar-refractivity contribution < 1.29 is 4.79 Å². The molecule has 112 valence electrons. The summed E-state index contributed by atoms with van der Waals surface area (Å²) in [5.41, 5.74) is 8.45. The standard InChI is InChI=1S/C15H26N4O/c1-11-12(10-18-19-11)6-5-9-17-15(20)13-7-3-2-4-8-14(13)16/h10,13-14H,2-9,16H2,1H3,(H,17,20)(H,18,19). The lowest BCUT2D eigenvalue weighted by Gasteiger charge is -2.20. The van der Waals surface area contributed by atoms with E-state index in [4.69, 9.17) is 5.73 Å². The maximum absolute atomic E-state index is 12.2. The Balaban J connectivity index is 1.70. The highest BCUT2D eigenvalue weighted by molar-refractivity contribution is 5.79. The predicted molar refractivity (Wildman–Crippen MR) is 79.2 cm³/mol. The lowest BCUT2D eigenvalue weighted by atomic mass is 9.94. The molecule has 0 saturated heterocycles. The average Bonchev–Trinajstić information content (AvgIpc) is 2.70. The molecular weight excluding hydrogens is 252 g/mol. The number of amides is 1. The first-order valence-electron chi connectivity index (χ1n) is 7.70. The minimum atomic E-state index is 0.00756. The van der Waals surface area contributed by atoms with Crippen molar-refractivity contribution in [3.8, 4) is 0 Å². The van der Waals surface area contributed by atoms with Crippen LogP contribution in [0.2, 0.25) is 0 Å². The van der Waals surface area contributed by atoms with Crippen LogP contribution in [0.15, 0.2) is 6.20 Å². The smallest absolute Gasteiger partial charge is 0.224 e. The maximum Gasteiger partial charge on any atom is 0.224 e. The highest BCUT2D eigenvalue weighted by Crippen LogP contribution is 2.22. The van der Waals surface area contributed by atoms with Crippen LogP contribution in [-0.4, -0.2) is 28.7 Å². The third kappa shape index (κ3) is 4.07. The van der Waals surface area contributed by atoms with E-state index in [0.717, 1.165) is 44.2 Å². The molecule has 2 unspecified atom stereocenters. The van der Waals surface area contributed by atoms with E-state index < -0.39 is 0 Å². The lowest BCUT2D eigenvalue weighted by Crippen LogP contribution is -2.41. The van der Waals surface area contributed by atoms with Gasteiger partial charge in [-0.15, -0.1) is 0 Å². The third-order valence-corrected chi connectivity index (χ3v) is 4.26. The molecule has 1 aromatic rings. The Morgan fingerprint density at radius 3 is 3.00 bits per heavy atom. The highest BCUT2D eigenvalue weighted by atomic mass is 16.1. The van der Waals surface area contributed by atoms with Gasteiger partial charge >= 0.3 is 0 Å². The summed E-state index contributed by atoms with van der Waals surface area (Å²) in [6.07, 6.45) is 9.15. The molecule has 1 heterocycles. The zero-order valence-corrected chi connectivity index (χ0v) is 12.3. The lowest BCUT2D eigenvalue weighted by molar-refractivity contribution is -0.125. The molecular formula is C15H26N4O. The van der Waals surface area contributed by atoms with Gasteiger partial charge in [-0.1, -0.05) is 19.3 Å². The zero-order valence-electron chi connectivity index (χ0n) is 12.3. The van der Waals surface area contributed by atoms with Crippen LogP contribution in [0.3, 0.4) is 0 Å². The van der Waals surface area contributed by atoms with Gasteiger partial charge in [-0.25, -0.2) is 0 Å². The van der Waals surface area contributed by atoms with Gasteiger partial charge in [-0.3, -0.25) is 9.89 Å². The molecule has 5 nitrogen and oxygen atoms in total. The van der Waals surface area contributed by atoms with Crippen LogP contribution in [0, 0.1) is 12.8 Å². The molecule has 1 fully saturated rings. The van der Waals surface area contributed by atoms with Crippen LogP contribution in [-0.2, 0) is 11.2 Å². The van der Waals surface area contributed by atoms with Crippen LogP contribution in [0.25, 0.3) is 0 Å². The summed E-state index contributed by atoms with van der Waals surface area (Å²) in [4.78, 5) is 12.2. The summed E-state index contributed by atoms with van der Waals surface area (Å²) in [7, 11) is 0. The summed E-state index contributed by atoms with van der Waals surface area (Å²) in [5, 5.41) is 9.97. The summed E-state index contributed by atoms with van der Waals surface area (Å²) >= 11 is 0. The minimum Gasteiger partial charge on any atom is -0.356 e. The Hall–Kier alpha value is -1.36. The molecule has 1 amide bonds. The maximum atomic E-state index is 12.2. The van der Waals surface area contributed by atoms with Crippen molar-refractivity contribution in [2.24, 2.45) is 11.7 Å². The number of nitrogens with one attached hydrogen (secondary N) is 2. The molecule has 20 heavy (non-hydrogen) atoms. The number of hydrogen-bond donors (Lipinski definition) is 3. The fourth-order valence-electron chi connectivity index (χ4n) is 2.91. The average molecular weight is 278 g/mol. The summed E-state index contributed by atoms with van der Waals surface area (Å²) in [5.74, 6) is 0.150. The number of nitrogens with two attached hydrogens (primary N) is 1. The number of rotatable bonds is 5. The van der Waals surface area contributed by atoms with E-state index in [9.17, 15) is 4.79 Å². The van der Waals surface area contributed by atoms with E-state index in [1.807, 2.05) is 13.1 Å². The topological polar surface area (TPSA) is 83.8 Å². The number of aryl methyl sites for hydroxylation is 2. The van der Waals surface area contributed by atoms with Gasteiger partial charge < -0.3 is 11.1 Å². The van der Waals surface area contributed by atoms with Crippen molar-refractivity contribution in [1.82, 2.24) is 15.5 Å². The van der Waals surface area contributed by atoms with Gasteiger partial charge in [-0.2, -0.15) is 5.10 Å². The van der Waals surface area contributed by atoms with Gasteiger partial charge in [0.2, 0.25) is 5.91 Å². The Bertz CT molecular complexity index is 429. The SMILES string of the molecule is Cc1[nH]ncc1CCCNC(=O)C1CCCCCC1N. The normalized spacial score (nSPS) is 23.3. The second-order valence-corrected chi connectivity index (χ2v) is 5.82. The Labute approximate surface area is 120 Å². The van der Waals surface area contributed by atoms with E-state index in [1.54, 1.807) is 0 Å². The number of carbonyl (C=O) groups excluding carboxylic acids is 1. The first-order valence-corrected chi connectivity index (χ1v) is 7.70. The predicted octanol–water partition coefficient (Wildman–Crippen LogP) is 1.67. The van der Waals surface area contributed by atoms with Gasteiger partial charge in [0.05, 0.1) is 12.1 Å². The zero-order chi connectivity index (χ0) is 14.4. The number of aromatic nitrogens is 2. The van der Waals surface area contributed by atoms with Crippen molar-refractivity contribution in [3.63, 3.8) is 0 Å². The number of hydrogen-bond acceptors (Lipinski definition) is 3. The van der Waals surface area contributed by atoms with Gasteiger partial charge in [-0.05, 0) is 38.2 Å². The molecule has 0 aliphatic heterocycles. The number of carbonyl (C=O) groups is 1. The van der Waals surface area contributed by atoms with Crippen molar-refractivity contribution in [1.29, 1.82) is 0 Å². The number of H-pyrrole nitrogens is 1. The van der Waals surface area contributed by atoms with Crippen molar-refractivity contribution in [2.45, 2.75) is 57.9 Å². The quantitative estimate of drug-likeness (QED) is 0.566. The monoisotopic (exact) mass is 278 g/mol. The largest absolute Gasteiger partial charge is 0.356 e. The van der Waals surface area contributed by atoms with Crippen molar-refractivity contribution in [2.75, 3.05) is 6.54 Å². The molecule has 4 N–H and O–H groups in total. The van der Waals surface area contributed by atoms with E-state index in [1.165, 1.54) is 12.0 Å². The molecule has 0 radical (unpaired) electrons. The third-order valence-electron chi connectivity index (χ3n) is 4.26.